The summed E-state index contributed by atoms with van der Waals surface area (Å²) in [5.74, 6) is 6.33. The van der Waals surface area contributed by atoms with Gasteiger partial charge < -0.3 is 14.0 Å². The van der Waals surface area contributed by atoms with Crippen LogP contribution in [0.15, 0.2) is 36.4 Å². The van der Waals surface area contributed by atoms with E-state index < -0.39 is 0 Å². The van der Waals surface area contributed by atoms with Gasteiger partial charge in [0.05, 0.1) is 23.2 Å². The second-order valence-corrected chi connectivity index (χ2v) is 7.83. The van der Waals surface area contributed by atoms with Gasteiger partial charge in [0.15, 0.2) is 5.06 Å². The minimum absolute atomic E-state index is 0.325. The summed E-state index contributed by atoms with van der Waals surface area (Å²) in [5.41, 5.74) is 1.32. The highest BCUT2D eigenvalue weighted by Gasteiger charge is 2.51. The van der Waals surface area contributed by atoms with Gasteiger partial charge in [0.1, 0.15) is 0 Å². The number of thiophene rings is 1. The lowest BCUT2D eigenvalue weighted by Gasteiger charge is -2.32. The number of ether oxygens (including phenoxy) is 1. The Hall–Kier alpha value is -1.74. The van der Waals surface area contributed by atoms with E-state index in [0.29, 0.717) is 0 Å². The van der Waals surface area contributed by atoms with E-state index in [4.69, 9.17) is 14.0 Å². The normalized spacial score (nSPS) is 18.1. The molecule has 24 heavy (non-hydrogen) atoms. The van der Waals surface area contributed by atoms with E-state index in [9.17, 15) is 0 Å². The summed E-state index contributed by atoms with van der Waals surface area (Å²) in [6.07, 6.45) is 0. The van der Waals surface area contributed by atoms with Gasteiger partial charge in [-0.2, -0.15) is 0 Å². The van der Waals surface area contributed by atoms with Crippen LogP contribution in [0.3, 0.4) is 0 Å². The van der Waals surface area contributed by atoms with Crippen LogP contribution in [-0.4, -0.2) is 25.4 Å². The van der Waals surface area contributed by atoms with Gasteiger partial charge >= 0.3 is 7.12 Å². The summed E-state index contributed by atoms with van der Waals surface area (Å²) in [7, 11) is 1.33. The summed E-state index contributed by atoms with van der Waals surface area (Å²) < 4.78 is 17.3. The van der Waals surface area contributed by atoms with E-state index >= 15 is 0 Å². The van der Waals surface area contributed by atoms with Crippen LogP contribution in [0.5, 0.6) is 5.06 Å². The monoisotopic (exact) mass is 340 g/mol. The summed E-state index contributed by atoms with van der Waals surface area (Å²) in [5, 5.41) is 0.871. The third kappa shape index (κ3) is 3.37. The van der Waals surface area contributed by atoms with E-state index in [0.717, 1.165) is 21.0 Å². The summed E-state index contributed by atoms with van der Waals surface area (Å²) >= 11 is 1.54. The lowest BCUT2D eigenvalue weighted by atomic mass is 9.79. The first-order chi connectivity index (χ1) is 11.3. The molecule has 3 nitrogen and oxygen atoms in total. The second kappa shape index (κ2) is 6.29. The summed E-state index contributed by atoms with van der Waals surface area (Å²) in [6, 6.07) is 11.9. The predicted molar refractivity (Wildman–Crippen MR) is 99.0 cm³/mol. The largest absolute Gasteiger partial charge is 0.494 e. The molecule has 3 rings (SSSR count). The van der Waals surface area contributed by atoms with Gasteiger partial charge in [0.25, 0.3) is 0 Å². The minimum Gasteiger partial charge on any atom is -0.487 e. The zero-order valence-electron chi connectivity index (χ0n) is 14.7. The first-order valence-corrected chi connectivity index (χ1v) is 8.74. The maximum absolute atomic E-state index is 6.06. The molecule has 2 aromatic rings. The lowest BCUT2D eigenvalue weighted by molar-refractivity contribution is 0.00578. The van der Waals surface area contributed by atoms with Crippen molar-refractivity contribution in [3.05, 3.63) is 46.8 Å². The smallest absolute Gasteiger partial charge is 0.487 e. The molecule has 1 aromatic carbocycles. The van der Waals surface area contributed by atoms with Crippen molar-refractivity contribution in [1.82, 2.24) is 0 Å². The fraction of sp³-hybridized carbons (Fsp3) is 0.368. The average Bonchev–Trinajstić information content (AvgIpc) is 3.08. The predicted octanol–water partition coefficient (Wildman–Crippen LogP) is 3.46. The van der Waals surface area contributed by atoms with Gasteiger partial charge in [0, 0.05) is 5.56 Å². The van der Waals surface area contributed by atoms with Crippen LogP contribution in [-0.2, 0) is 9.31 Å². The van der Waals surface area contributed by atoms with Crippen molar-refractivity contribution in [3.63, 3.8) is 0 Å². The van der Waals surface area contributed by atoms with Crippen LogP contribution in [0.4, 0.5) is 0 Å². The molecule has 0 N–H and O–H groups in total. The Morgan fingerprint density at radius 1 is 0.917 bits per heavy atom. The SMILES string of the molecule is COc1ccc(C#Cc2ccc(B3OC(C)(C)C(C)(C)O3)cc2)s1. The highest BCUT2D eigenvalue weighted by molar-refractivity contribution is 7.14. The molecule has 0 atom stereocenters. The van der Waals surface area contributed by atoms with Crippen LogP contribution < -0.4 is 10.2 Å². The molecule has 0 bridgehead atoms. The molecule has 0 unspecified atom stereocenters. The molecule has 1 fully saturated rings. The van der Waals surface area contributed by atoms with Gasteiger partial charge in [-0.05, 0) is 57.4 Å². The van der Waals surface area contributed by atoms with Crippen LogP contribution in [0.1, 0.15) is 38.1 Å². The fourth-order valence-corrected chi connectivity index (χ4v) is 3.01. The molecule has 0 aliphatic carbocycles. The van der Waals surface area contributed by atoms with Crippen molar-refractivity contribution in [2.45, 2.75) is 38.9 Å². The Balaban J connectivity index is 1.73. The Morgan fingerprint density at radius 3 is 2.08 bits per heavy atom. The van der Waals surface area contributed by atoms with E-state index in [2.05, 4.69) is 39.5 Å². The molecule has 0 spiro atoms. The van der Waals surface area contributed by atoms with E-state index in [1.807, 2.05) is 36.4 Å². The average molecular weight is 340 g/mol. The molecule has 1 aliphatic heterocycles. The number of hydrogen-bond donors (Lipinski definition) is 0. The van der Waals surface area contributed by atoms with Gasteiger partial charge in [-0.25, -0.2) is 0 Å². The molecule has 0 radical (unpaired) electrons. The lowest BCUT2D eigenvalue weighted by Crippen LogP contribution is -2.41. The van der Waals surface area contributed by atoms with Crippen LogP contribution in [0.2, 0.25) is 0 Å². The number of rotatable bonds is 2. The number of hydrogen-bond acceptors (Lipinski definition) is 4. The number of benzene rings is 1. The molecule has 0 amide bonds. The molecule has 1 aliphatic rings. The first-order valence-electron chi connectivity index (χ1n) is 7.92. The zero-order chi connectivity index (χ0) is 17.4. The quantitative estimate of drug-likeness (QED) is 0.619. The third-order valence-electron chi connectivity index (χ3n) is 4.55. The molecule has 1 aromatic heterocycles. The van der Waals surface area contributed by atoms with Crippen molar-refractivity contribution in [1.29, 1.82) is 0 Å². The van der Waals surface area contributed by atoms with Gasteiger partial charge in [-0.3, -0.25) is 0 Å². The molecular weight excluding hydrogens is 319 g/mol. The van der Waals surface area contributed by atoms with Crippen molar-refractivity contribution in [3.8, 4) is 16.9 Å². The summed E-state index contributed by atoms with van der Waals surface area (Å²) in [6.45, 7) is 8.23. The van der Waals surface area contributed by atoms with Crippen molar-refractivity contribution < 1.29 is 14.0 Å². The van der Waals surface area contributed by atoms with Crippen molar-refractivity contribution >= 4 is 23.9 Å². The third-order valence-corrected chi connectivity index (χ3v) is 5.51. The van der Waals surface area contributed by atoms with E-state index in [-0.39, 0.29) is 18.3 Å². The molecule has 124 valence electrons. The number of methoxy groups -OCH3 is 1. The van der Waals surface area contributed by atoms with Gasteiger partial charge in [0.2, 0.25) is 0 Å². The second-order valence-electron chi connectivity index (χ2n) is 6.78. The maximum Gasteiger partial charge on any atom is 0.494 e. The van der Waals surface area contributed by atoms with Gasteiger partial charge in [-0.15, -0.1) is 0 Å². The van der Waals surface area contributed by atoms with E-state index in [1.54, 1.807) is 7.11 Å². The van der Waals surface area contributed by atoms with Crippen molar-refractivity contribution in [2.75, 3.05) is 7.11 Å². The molecule has 0 saturated carbocycles. The Labute approximate surface area is 148 Å². The zero-order valence-corrected chi connectivity index (χ0v) is 15.5. The Morgan fingerprint density at radius 2 is 1.54 bits per heavy atom. The summed E-state index contributed by atoms with van der Waals surface area (Å²) in [4.78, 5) is 0.988. The highest BCUT2D eigenvalue weighted by Crippen LogP contribution is 2.36. The Kier molecular flexibility index (Phi) is 4.48. The van der Waals surface area contributed by atoms with Crippen LogP contribution in [0.25, 0.3) is 0 Å². The van der Waals surface area contributed by atoms with Crippen LogP contribution in [0, 0.1) is 11.8 Å². The molecular formula is C19H21BO3S. The van der Waals surface area contributed by atoms with Crippen molar-refractivity contribution in [2.24, 2.45) is 0 Å². The fourth-order valence-electron chi connectivity index (χ4n) is 2.33. The Bertz CT molecular complexity index is 765. The topological polar surface area (TPSA) is 27.7 Å². The van der Waals surface area contributed by atoms with Crippen LogP contribution >= 0.6 is 11.3 Å². The highest BCUT2D eigenvalue weighted by atomic mass is 32.1. The molecule has 2 heterocycles. The van der Waals surface area contributed by atoms with E-state index in [1.165, 1.54) is 11.3 Å². The minimum atomic E-state index is -0.335. The maximum atomic E-state index is 6.06. The standard InChI is InChI=1S/C19H21BO3S/c1-18(2)19(3,4)23-20(22-18)15-9-6-14(7-10-15)8-11-16-12-13-17(21-5)24-16/h6-7,9-10,12-13H,1-5H3. The molecule has 5 heteroatoms. The first kappa shape index (κ1) is 17.1. The van der Waals surface area contributed by atoms with Gasteiger partial charge in [-0.1, -0.05) is 35.3 Å². The molecule has 1 saturated heterocycles.